The molecule has 0 saturated heterocycles. The molecule has 0 radical (unpaired) electrons. The maximum Gasteiger partial charge on any atom is 0.338 e. The lowest BCUT2D eigenvalue weighted by molar-refractivity contribution is -0.128. The summed E-state index contributed by atoms with van der Waals surface area (Å²) in [5.74, 6) is -1.90. The summed E-state index contributed by atoms with van der Waals surface area (Å²) in [5.41, 5.74) is 1.45. The van der Waals surface area contributed by atoms with Crippen molar-refractivity contribution in [2.75, 3.05) is 11.4 Å². The fourth-order valence-electron chi connectivity index (χ4n) is 3.61. The summed E-state index contributed by atoms with van der Waals surface area (Å²) in [6.45, 7) is 3.69. The molecule has 3 aromatic carbocycles. The van der Waals surface area contributed by atoms with Crippen LogP contribution in [0.5, 0.6) is 0 Å². The number of esters is 1. The minimum atomic E-state index is -0.936. The first-order valence-electron chi connectivity index (χ1n) is 9.91. The van der Waals surface area contributed by atoms with Gasteiger partial charge < -0.3 is 10.1 Å². The average molecular weight is 416 g/mol. The zero-order valence-electron chi connectivity index (χ0n) is 17.0. The van der Waals surface area contributed by atoms with Gasteiger partial charge in [0.05, 0.1) is 11.3 Å². The molecule has 1 heterocycles. The van der Waals surface area contributed by atoms with Crippen LogP contribution in [0.3, 0.4) is 0 Å². The predicted molar refractivity (Wildman–Crippen MR) is 115 cm³/mol. The highest BCUT2D eigenvalue weighted by Gasteiger charge is 2.33. The second-order valence-electron chi connectivity index (χ2n) is 7.14. The minimum Gasteiger partial charge on any atom is -0.449 e. The lowest BCUT2D eigenvalue weighted by Crippen LogP contribution is -2.40. The standard InChI is InChI=1S/C24H20N2O5/c1-3-25-21(27)14(2)31-24(30)16-10-12-17(13-11-16)26-22(28)18-8-4-6-15-7-5-9-19(20(15)18)23(26)29/h4-14H,3H2,1-2H3,(H,25,27)/t14-/m1/s1. The predicted octanol–water partition coefficient (Wildman–Crippen LogP) is 3.32. The van der Waals surface area contributed by atoms with E-state index >= 15 is 0 Å². The van der Waals surface area contributed by atoms with Crippen LogP contribution in [0, 0.1) is 0 Å². The van der Waals surface area contributed by atoms with Gasteiger partial charge in [-0.3, -0.25) is 14.4 Å². The lowest BCUT2D eigenvalue weighted by Gasteiger charge is -2.27. The smallest absolute Gasteiger partial charge is 0.338 e. The second kappa shape index (κ2) is 8.02. The van der Waals surface area contributed by atoms with Crippen molar-refractivity contribution in [2.45, 2.75) is 20.0 Å². The van der Waals surface area contributed by atoms with Gasteiger partial charge in [-0.1, -0.05) is 24.3 Å². The van der Waals surface area contributed by atoms with Gasteiger partial charge >= 0.3 is 5.97 Å². The molecule has 7 heteroatoms. The fourth-order valence-corrected chi connectivity index (χ4v) is 3.61. The lowest BCUT2D eigenvalue weighted by atomic mass is 9.94. The number of likely N-dealkylation sites (N-methyl/N-ethyl adjacent to an activating group) is 1. The Bertz CT molecular complexity index is 1170. The van der Waals surface area contributed by atoms with E-state index in [0.29, 0.717) is 28.7 Å². The number of carbonyl (C=O) groups is 4. The highest BCUT2D eigenvalue weighted by molar-refractivity contribution is 6.35. The van der Waals surface area contributed by atoms with Gasteiger partial charge in [-0.05, 0) is 55.6 Å². The molecule has 0 bridgehead atoms. The molecule has 0 fully saturated rings. The molecule has 1 N–H and O–H groups in total. The molecule has 0 aromatic heterocycles. The first-order valence-corrected chi connectivity index (χ1v) is 9.91. The van der Waals surface area contributed by atoms with Gasteiger partial charge in [-0.15, -0.1) is 0 Å². The Morgan fingerprint density at radius 3 is 2.06 bits per heavy atom. The van der Waals surface area contributed by atoms with E-state index in [2.05, 4.69) is 5.32 Å². The molecular formula is C24H20N2O5. The zero-order valence-corrected chi connectivity index (χ0v) is 17.0. The van der Waals surface area contributed by atoms with E-state index in [-0.39, 0.29) is 11.5 Å². The van der Waals surface area contributed by atoms with Crippen LogP contribution in [0.25, 0.3) is 10.8 Å². The van der Waals surface area contributed by atoms with Gasteiger partial charge in [0, 0.05) is 23.1 Å². The summed E-state index contributed by atoms with van der Waals surface area (Å²) in [4.78, 5) is 51.3. The average Bonchev–Trinajstić information content (AvgIpc) is 2.78. The maximum atomic E-state index is 13.1. The summed E-state index contributed by atoms with van der Waals surface area (Å²) in [6.07, 6.45) is -0.936. The molecule has 0 saturated carbocycles. The molecule has 1 atom stereocenters. The Morgan fingerprint density at radius 2 is 1.52 bits per heavy atom. The number of hydrogen-bond donors (Lipinski definition) is 1. The summed E-state index contributed by atoms with van der Waals surface area (Å²) in [7, 11) is 0. The van der Waals surface area contributed by atoms with Crippen molar-refractivity contribution < 1.29 is 23.9 Å². The van der Waals surface area contributed by atoms with Gasteiger partial charge in [-0.25, -0.2) is 9.69 Å². The second-order valence-corrected chi connectivity index (χ2v) is 7.14. The van der Waals surface area contributed by atoms with Crippen molar-refractivity contribution in [1.82, 2.24) is 5.32 Å². The summed E-state index contributed by atoms with van der Waals surface area (Å²) < 4.78 is 5.16. The van der Waals surface area contributed by atoms with Crippen molar-refractivity contribution in [3.63, 3.8) is 0 Å². The Hall–Kier alpha value is -4.00. The van der Waals surface area contributed by atoms with E-state index < -0.39 is 23.9 Å². The van der Waals surface area contributed by atoms with Crippen LogP contribution in [0.4, 0.5) is 5.69 Å². The SMILES string of the molecule is CCNC(=O)[C@@H](C)OC(=O)c1ccc(N2C(=O)c3cccc4cccc(c34)C2=O)cc1. The van der Waals surface area contributed by atoms with E-state index in [1.807, 2.05) is 12.1 Å². The molecule has 3 aromatic rings. The molecule has 0 unspecified atom stereocenters. The first-order chi connectivity index (χ1) is 14.9. The fraction of sp³-hybridized carbons (Fsp3) is 0.167. The van der Waals surface area contributed by atoms with Gasteiger partial charge in [0.2, 0.25) is 0 Å². The number of anilines is 1. The number of imide groups is 1. The number of carbonyl (C=O) groups excluding carboxylic acids is 4. The van der Waals surface area contributed by atoms with E-state index in [0.717, 1.165) is 10.3 Å². The van der Waals surface area contributed by atoms with Crippen LogP contribution < -0.4 is 10.2 Å². The van der Waals surface area contributed by atoms with Crippen molar-refractivity contribution >= 4 is 40.2 Å². The Balaban J connectivity index is 1.60. The molecule has 1 aliphatic heterocycles. The zero-order chi connectivity index (χ0) is 22.1. The third-order valence-electron chi connectivity index (χ3n) is 5.14. The highest BCUT2D eigenvalue weighted by atomic mass is 16.5. The molecule has 7 nitrogen and oxygen atoms in total. The largest absolute Gasteiger partial charge is 0.449 e. The number of hydrogen-bond acceptors (Lipinski definition) is 5. The van der Waals surface area contributed by atoms with Crippen LogP contribution in [0.15, 0.2) is 60.7 Å². The van der Waals surface area contributed by atoms with Crippen molar-refractivity contribution in [2.24, 2.45) is 0 Å². The summed E-state index contributed by atoms with van der Waals surface area (Å²) in [6, 6.07) is 16.6. The first kappa shape index (κ1) is 20.3. The number of nitrogens with one attached hydrogen (secondary N) is 1. The van der Waals surface area contributed by atoms with Crippen LogP contribution in [0.2, 0.25) is 0 Å². The van der Waals surface area contributed by atoms with E-state index in [4.69, 9.17) is 4.74 Å². The van der Waals surface area contributed by atoms with Gasteiger partial charge in [0.25, 0.3) is 17.7 Å². The Kier molecular flexibility index (Phi) is 5.25. The Labute approximate surface area is 178 Å². The summed E-state index contributed by atoms with van der Waals surface area (Å²) >= 11 is 0. The highest BCUT2D eigenvalue weighted by Crippen LogP contribution is 2.32. The van der Waals surface area contributed by atoms with Crippen LogP contribution in [-0.4, -0.2) is 36.3 Å². The molecule has 156 valence electrons. The molecule has 3 amide bonds. The number of rotatable bonds is 5. The van der Waals surface area contributed by atoms with Crippen molar-refractivity contribution in [1.29, 1.82) is 0 Å². The minimum absolute atomic E-state index is 0.208. The number of benzene rings is 3. The van der Waals surface area contributed by atoms with Gasteiger partial charge in [0.15, 0.2) is 6.10 Å². The van der Waals surface area contributed by atoms with E-state index in [1.165, 1.54) is 31.2 Å². The Morgan fingerprint density at radius 1 is 0.935 bits per heavy atom. The third-order valence-corrected chi connectivity index (χ3v) is 5.14. The normalized spacial score (nSPS) is 13.8. The van der Waals surface area contributed by atoms with Crippen LogP contribution in [0.1, 0.15) is 44.9 Å². The molecule has 0 spiro atoms. The van der Waals surface area contributed by atoms with Crippen LogP contribution >= 0.6 is 0 Å². The maximum absolute atomic E-state index is 13.1. The molecule has 0 aliphatic carbocycles. The molecule has 1 aliphatic rings. The third kappa shape index (κ3) is 3.54. The van der Waals surface area contributed by atoms with Crippen molar-refractivity contribution in [3.8, 4) is 0 Å². The van der Waals surface area contributed by atoms with E-state index in [1.54, 1.807) is 31.2 Å². The molecule has 4 rings (SSSR count). The summed E-state index contributed by atoms with van der Waals surface area (Å²) in [5, 5.41) is 4.06. The topological polar surface area (TPSA) is 92.8 Å². The molecular weight excluding hydrogens is 396 g/mol. The van der Waals surface area contributed by atoms with Gasteiger partial charge in [0.1, 0.15) is 0 Å². The number of ether oxygens (including phenoxy) is 1. The van der Waals surface area contributed by atoms with Crippen molar-refractivity contribution in [3.05, 3.63) is 77.4 Å². The van der Waals surface area contributed by atoms with Gasteiger partial charge in [-0.2, -0.15) is 0 Å². The molecule has 31 heavy (non-hydrogen) atoms. The number of nitrogens with zero attached hydrogens (tertiary/aromatic N) is 1. The number of amides is 3. The monoisotopic (exact) mass is 416 g/mol. The van der Waals surface area contributed by atoms with E-state index in [9.17, 15) is 19.2 Å². The van der Waals surface area contributed by atoms with Crippen LogP contribution in [-0.2, 0) is 9.53 Å². The quantitative estimate of drug-likeness (QED) is 0.509.